The number of nitrogens with one attached hydrogen (secondary N) is 1. The van der Waals surface area contributed by atoms with Crippen LogP contribution in [0.15, 0.2) is 60.7 Å². The van der Waals surface area contributed by atoms with Crippen molar-refractivity contribution < 1.29 is 9.59 Å². The molecule has 0 aliphatic heterocycles. The summed E-state index contributed by atoms with van der Waals surface area (Å²) in [7, 11) is 0. The van der Waals surface area contributed by atoms with Crippen LogP contribution in [0, 0.1) is 12.3 Å². The molecule has 0 aliphatic rings. The van der Waals surface area contributed by atoms with Crippen LogP contribution >= 0.6 is 0 Å². The zero-order valence-electron chi connectivity index (χ0n) is 22.8. The van der Waals surface area contributed by atoms with E-state index in [9.17, 15) is 9.59 Å². The predicted octanol–water partition coefficient (Wildman–Crippen LogP) is 5.92. The highest BCUT2D eigenvalue weighted by atomic mass is 16.2. The molecule has 3 aromatic rings. The minimum Gasteiger partial charge on any atom is -0.333 e. The van der Waals surface area contributed by atoms with Crippen molar-refractivity contribution in [2.24, 2.45) is 5.41 Å². The number of aryl methyl sites for hydroxylation is 1. The summed E-state index contributed by atoms with van der Waals surface area (Å²) in [5.41, 5.74) is 3.64. The number of rotatable bonds is 8. The van der Waals surface area contributed by atoms with E-state index in [1.807, 2.05) is 88.4 Å². The van der Waals surface area contributed by atoms with Gasteiger partial charge in [-0.05, 0) is 36.0 Å². The Bertz CT molecular complexity index is 1180. The van der Waals surface area contributed by atoms with Crippen molar-refractivity contribution in [1.82, 2.24) is 14.7 Å². The van der Waals surface area contributed by atoms with Gasteiger partial charge in [-0.25, -0.2) is 4.68 Å². The lowest BCUT2D eigenvalue weighted by atomic mass is 9.91. The number of hydrogen-bond donors (Lipinski definition) is 1. The molecule has 1 N–H and O–H groups in total. The van der Waals surface area contributed by atoms with Gasteiger partial charge >= 0.3 is 0 Å². The minimum atomic E-state index is -0.236. The van der Waals surface area contributed by atoms with E-state index in [1.165, 1.54) is 0 Å². The summed E-state index contributed by atoms with van der Waals surface area (Å²) in [5.74, 6) is 0.349. The molecule has 1 aromatic heterocycles. The molecule has 192 valence electrons. The molecule has 6 heteroatoms. The number of amides is 2. The van der Waals surface area contributed by atoms with Crippen molar-refractivity contribution in [3.05, 3.63) is 77.5 Å². The molecule has 1 heterocycles. The Morgan fingerprint density at radius 2 is 1.58 bits per heavy atom. The van der Waals surface area contributed by atoms with Crippen LogP contribution in [0.2, 0.25) is 0 Å². The van der Waals surface area contributed by atoms with Crippen LogP contribution in [0.25, 0.3) is 5.69 Å². The van der Waals surface area contributed by atoms with E-state index < -0.39 is 0 Å². The van der Waals surface area contributed by atoms with Crippen molar-refractivity contribution in [2.75, 3.05) is 18.4 Å². The molecule has 0 fully saturated rings. The molecule has 3 rings (SSSR count). The van der Waals surface area contributed by atoms with Crippen LogP contribution < -0.4 is 5.32 Å². The number of nitrogens with zero attached hydrogens (tertiary/aromatic N) is 3. The Labute approximate surface area is 215 Å². The predicted molar refractivity (Wildman–Crippen MR) is 146 cm³/mol. The summed E-state index contributed by atoms with van der Waals surface area (Å²) >= 11 is 0. The molecule has 0 radical (unpaired) electrons. The van der Waals surface area contributed by atoms with Gasteiger partial charge in [-0.15, -0.1) is 0 Å². The third-order valence-corrected chi connectivity index (χ3v) is 5.97. The van der Waals surface area contributed by atoms with Crippen molar-refractivity contribution in [3.8, 4) is 5.69 Å². The van der Waals surface area contributed by atoms with Crippen LogP contribution in [0.1, 0.15) is 64.8 Å². The van der Waals surface area contributed by atoms with Gasteiger partial charge in [0.25, 0.3) is 0 Å². The average molecular weight is 489 g/mol. The van der Waals surface area contributed by atoms with E-state index in [2.05, 4.69) is 26.1 Å². The van der Waals surface area contributed by atoms with Gasteiger partial charge in [-0.1, -0.05) is 90.1 Å². The Hall–Kier alpha value is -3.41. The first-order valence-corrected chi connectivity index (χ1v) is 12.6. The van der Waals surface area contributed by atoms with Crippen LogP contribution in [0.4, 0.5) is 5.82 Å². The lowest BCUT2D eigenvalue weighted by Crippen LogP contribution is -2.40. The summed E-state index contributed by atoms with van der Waals surface area (Å²) in [6, 6.07) is 19.9. The maximum absolute atomic E-state index is 13.3. The first-order chi connectivity index (χ1) is 16.8. The van der Waals surface area contributed by atoms with E-state index in [-0.39, 0.29) is 29.2 Å². The largest absolute Gasteiger partial charge is 0.333 e. The van der Waals surface area contributed by atoms with Crippen LogP contribution in [0.3, 0.4) is 0 Å². The Morgan fingerprint density at radius 3 is 2.19 bits per heavy atom. The first-order valence-electron chi connectivity index (χ1n) is 12.6. The highest BCUT2D eigenvalue weighted by molar-refractivity contribution is 5.94. The Morgan fingerprint density at radius 1 is 0.944 bits per heavy atom. The zero-order valence-corrected chi connectivity index (χ0v) is 22.8. The second-order valence-electron chi connectivity index (χ2n) is 11.7. The minimum absolute atomic E-state index is 0.00838. The quantitative estimate of drug-likeness (QED) is 0.428. The van der Waals surface area contributed by atoms with Crippen LogP contribution in [-0.4, -0.2) is 39.6 Å². The van der Waals surface area contributed by atoms with Gasteiger partial charge in [0.1, 0.15) is 5.82 Å². The third-order valence-electron chi connectivity index (χ3n) is 5.97. The second kappa shape index (κ2) is 11.1. The summed E-state index contributed by atoms with van der Waals surface area (Å²) in [5, 5.41) is 7.87. The van der Waals surface area contributed by atoms with E-state index >= 15 is 0 Å². The Balaban J connectivity index is 1.84. The van der Waals surface area contributed by atoms with E-state index in [0.29, 0.717) is 25.2 Å². The normalized spacial score (nSPS) is 11.9. The fourth-order valence-corrected chi connectivity index (χ4v) is 3.94. The van der Waals surface area contributed by atoms with Crippen molar-refractivity contribution in [1.29, 1.82) is 0 Å². The van der Waals surface area contributed by atoms with Gasteiger partial charge in [-0.3, -0.25) is 9.59 Å². The molecule has 6 nitrogen and oxygen atoms in total. The number of aromatic nitrogens is 2. The molecular formula is C30H40N4O2. The second-order valence-corrected chi connectivity index (χ2v) is 11.7. The van der Waals surface area contributed by atoms with E-state index in [0.717, 1.165) is 22.5 Å². The van der Waals surface area contributed by atoms with Gasteiger partial charge in [0.2, 0.25) is 11.8 Å². The van der Waals surface area contributed by atoms with Crippen LogP contribution in [-0.2, 0) is 21.4 Å². The fourth-order valence-electron chi connectivity index (χ4n) is 3.94. The fraction of sp³-hybridized carbons (Fsp3) is 0.433. The molecule has 0 spiro atoms. The highest BCUT2D eigenvalue weighted by Gasteiger charge is 2.25. The topological polar surface area (TPSA) is 67.2 Å². The lowest BCUT2D eigenvalue weighted by Gasteiger charge is -2.26. The lowest BCUT2D eigenvalue weighted by molar-refractivity contribution is -0.136. The number of hydrogen-bond acceptors (Lipinski definition) is 3. The molecule has 0 unspecified atom stereocenters. The SMILES string of the molecule is Cc1ccccc1-n1nc(C(C)(C)C)cc1NC(=O)CN(CCc1ccccc1)C(=O)CC(C)(C)C. The maximum atomic E-state index is 13.3. The van der Waals surface area contributed by atoms with Gasteiger partial charge in [0.15, 0.2) is 0 Å². The number of carbonyl (C=O) groups excluding carboxylic acids is 2. The number of benzene rings is 2. The smallest absolute Gasteiger partial charge is 0.245 e. The summed E-state index contributed by atoms with van der Waals surface area (Å²) in [6.45, 7) is 14.9. The van der Waals surface area contributed by atoms with Crippen LogP contribution in [0.5, 0.6) is 0 Å². The summed E-state index contributed by atoms with van der Waals surface area (Å²) in [6.07, 6.45) is 1.07. The number of anilines is 1. The standard InChI is InChI=1S/C30H40N4O2/c1-22-13-11-12-16-24(22)34-26(19-25(32-34)30(5,6)7)31-27(35)21-33(28(36)20-29(2,3)4)18-17-23-14-9-8-10-15-23/h8-16,19H,17-18,20-21H2,1-7H3,(H,31,35). The highest BCUT2D eigenvalue weighted by Crippen LogP contribution is 2.27. The molecule has 0 bridgehead atoms. The third kappa shape index (κ3) is 7.54. The number of para-hydroxylation sites is 1. The number of carbonyl (C=O) groups is 2. The molecule has 2 amide bonds. The summed E-state index contributed by atoms with van der Waals surface area (Å²) in [4.78, 5) is 28.1. The molecule has 0 aliphatic carbocycles. The first kappa shape index (κ1) is 27.2. The molecule has 0 atom stereocenters. The van der Waals surface area contributed by atoms with Gasteiger partial charge < -0.3 is 10.2 Å². The molecule has 0 saturated carbocycles. The maximum Gasteiger partial charge on any atom is 0.245 e. The average Bonchev–Trinajstić information content (AvgIpc) is 3.20. The zero-order chi connectivity index (χ0) is 26.5. The monoisotopic (exact) mass is 488 g/mol. The van der Waals surface area contributed by atoms with Crippen molar-refractivity contribution in [3.63, 3.8) is 0 Å². The molecule has 0 saturated heterocycles. The molecule has 36 heavy (non-hydrogen) atoms. The van der Waals surface area contributed by atoms with E-state index in [1.54, 1.807) is 9.58 Å². The van der Waals surface area contributed by atoms with Crippen molar-refractivity contribution >= 4 is 17.6 Å². The summed E-state index contributed by atoms with van der Waals surface area (Å²) < 4.78 is 1.79. The molecular weight excluding hydrogens is 448 g/mol. The van der Waals surface area contributed by atoms with Gasteiger partial charge in [0, 0.05) is 24.4 Å². The molecule has 2 aromatic carbocycles. The Kier molecular flexibility index (Phi) is 8.39. The van der Waals surface area contributed by atoms with Crippen molar-refractivity contribution in [2.45, 2.75) is 66.7 Å². The van der Waals surface area contributed by atoms with Gasteiger partial charge in [-0.2, -0.15) is 5.10 Å². The van der Waals surface area contributed by atoms with Gasteiger partial charge in [0.05, 0.1) is 17.9 Å². The van der Waals surface area contributed by atoms with E-state index in [4.69, 9.17) is 5.10 Å².